The first-order valence-corrected chi connectivity index (χ1v) is 8.26. The first kappa shape index (κ1) is 19.3. The van der Waals surface area contributed by atoms with E-state index in [1.807, 2.05) is 0 Å². The zero-order chi connectivity index (χ0) is 15.3. The molecular formula is C15H34O3P+. The maximum absolute atomic E-state index is 5.85. The molecule has 4 heteroatoms. The molecule has 0 spiro atoms. The Morgan fingerprint density at radius 2 is 0.737 bits per heavy atom. The van der Waals surface area contributed by atoms with E-state index < -0.39 is 8.60 Å². The molecule has 0 N–H and O–H groups in total. The highest BCUT2D eigenvalue weighted by atomic mass is 31.2. The smallest absolute Gasteiger partial charge is 0.179 e. The zero-order valence-electron chi connectivity index (χ0n) is 14.3. The summed E-state index contributed by atoms with van der Waals surface area (Å²) in [5.41, 5.74) is 0.393. The predicted molar refractivity (Wildman–Crippen MR) is 84.5 cm³/mol. The summed E-state index contributed by atoms with van der Waals surface area (Å²) < 4.78 is 17.6. The molecular weight excluding hydrogens is 259 g/mol. The minimum Gasteiger partial charge on any atom is -0.179 e. The van der Waals surface area contributed by atoms with E-state index in [1.54, 1.807) is 0 Å². The van der Waals surface area contributed by atoms with Crippen LogP contribution in [0.4, 0.5) is 0 Å². The molecule has 0 radical (unpaired) electrons. The van der Waals surface area contributed by atoms with E-state index in [0.29, 0.717) is 19.8 Å². The third kappa shape index (κ3) is 14.5. The monoisotopic (exact) mass is 293 g/mol. The Morgan fingerprint density at radius 1 is 0.526 bits per heavy atom. The molecule has 0 saturated carbocycles. The molecule has 0 heterocycles. The van der Waals surface area contributed by atoms with Crippen LogP contribution in [0.3, 0.4) is 0 Å². The molecule has 0 aliphatic carbocycles. The van der Waals surface area contributed by atoms with Gasteiger partial charge in [0.05, 0.1) is 0 Å². The Balaban J connectivity index is 4.30. The molecule has 0 aliphatic rings. The number of hydrogen-bond donors (Lipinski definition) is 0. The van der Waals surface area contributed by atoms with E-state index in [9.17, 15) is 0 Å². The normalized spacial score (nSPS) is 14.2. The lowest BCUT2D eigenvalue weighted by atomic mass is 9.99. The van der Waals surface area contributed by atoms with Crippen LogP contribution in [-0.4, -0.2) is 19.8 Å². The van der Waals surface area contributed by atoms with Gasteiger partial charge >= 0.3 is 8.60 Å². The summed E-state index contributed by atoms with van der Waals surface area (Å²) >= 11 is 0. The van der Waals surface area contributed by atoms with Gasteiger partial charge in [0.1, 0.15) is 19.8 Å². The van der Waals surface area contributed by atoms with Gasteiger partial charge in [-0.15, -0.1) is 0 Å². The van der Waals surface area contributed by atoms with Gasteiger partial charge in [-0.2, -0.15) is 13.6 Å². The molecule has 0 fully saturated rings. The lowest BCUT2D eigenvalue weighted by Crippen LogP contribution is -2.19. The van der Waals surface area contributed by atoms with Gasteiger partial charge in [0.15, 0.2) is 0 Å². The van der Waals surface area contributed by atoms with Crippen molar-refractivity contribution in [2.45, 2.75) is 62.3 Å². The predicted octanol–water partition coefficient (Wildman–Crippen LogP) is 5.13. The molecule has 0 bridgehead atoms. The molecule has 0 atom stereocenters. The highest BCUT2D eigenvalue weighted by molar-refractivity contribution is 7.41. The SMILES string of the molecule is CC(C)(C)CO[PH+](OCC(C)(C)C)OCC(C)(C)C. The van der Waals surface area contributed by atoms with Crippen molar-refractivity contribution in [2.75, 3.05) is 19.8 Å². The fourth-order valence-corrected chi connectivity index (χ4v) is 2.85. The van der Waals surface area contributed by atoms with Crippen LogP contribution in [0.2, 0.25) is 0 Å². The van der Waals surface area contributed by atoms with Crippen molar-refractivity contribution < 1.29 is 13.6 Å². The lowest BCUT2D eigenvalue weighted by Gasteiger charge is -2.22. The Labute approximate surface area is 121 Å². The topological polar surface area (TPSA) is 27.7 Å². The molecule has 0 aromatic rings. The second kappa shape index (κ2) is 7.36. The summed E-state index contributed by atoms with van der Waals surface area (Å²) in [7, 11) is -1.64. The van der Waals surface area contributed by atoms with Crippen LogP contribution < -0.4 is 0 Å². The highest BCUT2D eigenvalue weighted by Crippen LogP contribution is 2.44. The Morgan fingerprint density at radius 3 is 0.895 bits per heavy atom. The van der Waals surface area contributed by atoms with E-state index in [1.165, 1.54) is 0 Å². The van der Waals surface area contributed by atoms with Crippen molar-refractivity contribution in [1.29, 1.82) is 0 Å². The minimum atomic E-state index is -1.64. The lowest BCUT2D eigenvalue weighted by molar-refractivity contribution is 0.0828. The summed E-state index contributed by atoms with van der Waals surface area (Å²) in [5, 5.41) is 0. The van der Waals surface area contributed by atoms with Gasteiger partial charge in [-0.25, -0.2) is 0 Å². The molecule has 0 aromatic carbocycles. The fraction of sp³-hybridized carbons (Fsp3) is 1.00. The molecule has 0 unspecified atom stereocenters. The Hall–Kier alpha value is 0.310. The largest absolute Gasteiger partial charge is 0.397 e. The molecule has 3 nitrogen and oxygen atoms in total. The summed E-state index contributed by atoms with van der Waals surface area (Å²) in [6.45, 7) is 21.4. The van der Waals surface area contributed by atoms with Crippen molar-refractivity contribution in [2.24, 2.45) is 16.2 Å². The van der Waals surface area contributed by atoms with Gasteiger partial charge in [-0.1, -0.05) is 62.3 Å². The number of hydrogen-bond acceptors (Lipinski definition) is 3. The van der Waals surface area contributed by atoms with E-state index in [-0.39, 0.29) is 16.2 Å². The summed E-state index contributed by atoms with van der Waals surface area (Å²) in [5.74, 6) is 0. The summed E-state index contributed by atoms with van der Waals surface area (Å²) in [6, 6.07) is 0. The van der Waals surface area contributed by atoms with Crippen LogP contribution in [0, 0.1) is 16.2 Å². The van der Waals surface area contributed by atoms with Crippen LogP contribution in [0.15, 0.2) is 0 Å². The standard InChI is InChI=1S/C15H34O3P/c1-13(2,3)10-16-19(17-11-14(4,5)6)18-12-15(7,8)9/h19H,10-12H2,1-9H3/q+1. The van der Waals surface area contributed by atoms with Crippen LogP contribution in [0.1, 0.15) is 62.3 Å². The van der Waals surface area contributed by atoms with Crippen molar-refractivity contribution in [3.63, 3.8) is 0 Å². The maximum atomic E-state index is 5.85. The van der Waals surface area contributed by atoms with E-state index in [4.69, 9.17) is 13.6 Å². The third-order valence-electron chi connectivity index (χ3n) is 1.87. The maximum Gasteiger partial charge on any atom is 0.397 e. The Bertz CT molecular complexity index is 203. The average molecular weight is 293 g/mol. The minimum absolute atomic E-state index is 0.131. The van der Waals surface area contributed by atoms with Crippen molar-refractivity contribution in [3.05, 3.63) is 0 Å². The first-order chi connectivity index (χ1) is 8.29. The number of rotatable bonds is 6. The quantitative estimate of drug-likeness (QED) is 0.635. The van der Waals surface area contributed by atoms with Crippen LogP contribution >= 0.6 is 8.60 Å². The van der Waals surface area contributed by atoms with Crippen molar-refractivity contribution >= 4 is 8.60 Å². The van der Waals surface area contributed by atoms with Gasteiger partial charge in [0.2, 0.25) is 0 Å². The zero-order valence-corrected chi connectivity index (χ0v) is 15.3. The second-order valence-electron chi connectivity index (χ2n) is 8.80. The summed E-state index contributed by atoms with van der Waals surface area (Å²) in [6.07, 6.45) is 0. The Kier molecular flexibility index (Phi) is 7.48. The van der Waals surface area contributed by atoms with Gasteiger partial charge < -0.3 is 0 Å². The van der Waals surface area contributed by atoms with Crippen LogP contribution in [0.25, 0.3) is 0 Å². The van der Waals surface area contributed by atoms with Crippen LogP contribution in [0.5, 0.6) is 0 Å². The van der Waals surface area contributed by atoms with Gasteiger partial charge in [-0.05, 0) is 16.2 Å². The molecule has 19 heavy (non-hydrogen) atoms. The van der Waals surface area contributed by atoms with Crippen LogP contribution in [-0.2, 0) is 13.6 Å². The van der Waals surface area contributed by atoms with Gasteiger partial charge in [0.25, 0.3) is 0 Å². The summed E-state index contributed by atoms with van der Waals surface area (Å²) in [4.78, 5) is 0. The average Bonchev–Trinajstić information content (AvgIpc) is 2.11. The fourth-order valence-electron chi connectivity index (χ4n) is 0.951. The molecule has 0 aliphatic heterocycles. The third-order valence-corrected chi connectivity index (χ3v) is 3.01. The van der Waals surface area contributed by atoms with E-state index in [0.717, 1.165) is 0 Å². The van der Waals surface area contributed by atoms with E-state index >= 15 is 0 Å². The van der Waals surface area contributed by atoms with Gasteiger partial charge in [-0.3, -0.25) is 0 Å². The second-order valence-corrected chi connectivity index (χ2v) is 10.2. The van der Waals surface area contributed by atoms with E-state index in [2.05, 4.69) is 62.3 Å². The molecule has 116 valence electrons. The van der Waals surface area contributed by atoms with Crippen molar-refractivity contribution in [3.8, 4) is 0 Å². The molecule has 0 saturated heterocycles. The molecule has 0 rings (SSSR count). The highest BCUT2D eigenvalue weighted by Gasteiger charge is 2.29. The van der Waals surface area contributed by atoms with Crippen molar-refractivity contribution in [1.82, 2.24) is 0 Å². The first-order valence-electron chi connectivity index (χ1n) is 7.04. The molecule has 0 amide bonds. The molecule has 0 aromatic heterocycles. The van der Waals surface area contributed by atoms with Gasteiger partial charge in [0, 0.05) is 0 Å².